The molecule has 472 valence electrons. The first-order valence-electron chi connectivity index (χ1n) is 36.8. The molecule has 2 unspecified atom stereocenters. The van der Waals surface area contributed by atoms with Crippen LogP contribution in [-0.2, 0) is 14.3 Å². The van der Waals surface area contributed by atoms with Gasteiger partial charge in [-0.05, 0) is 25.7 Å². The van der Waals surface area contributed by atoms with Crippen molar-refractivity contribution in [3.05, 3.63) is 0 Å². The van der Waals surface area contributed by atoms with Gasteiger partial charge in [0, 0.05) is 12.8 Å². The highest BCUT2D eigenvalue weighted by molar-refractivity contribution is 5.76. The summed E-state index contributed by atoms with van der Waals surface area (Å²) in [6, 6.07) is -0.533. The van der Waals surface area contributed by atoms with Crippen molar-refractivity contribution in [1.29, 1.82) is 0 Å². The molecule has 0 saturated heterocycles. The Morgan fingerprint density at radius 3 is 0.772 bits per heavy atom. The summed E-state index contributed by atoms with van der Waals surface area (Å²) >= 11 is 0. The Hall–Kier alpha value is -1.14. The number of ether oxygens (including phenoxy) is 1. The van der Waals surface area contributed by atoms with Crippen LogP contribution >= 0.6 is 0 Å². The Balaban J connectivity index is 3.25. The molecule has 0 aromatic carbocycles. The lowest BCUT2D eigenvalue weighted by molar-refractivity contribution is -0.143. The molecule has 1 amide bonds. The van der Waals surface area contributed by atoms with Gasteiger partial charge in [0.25, 0.3) is 0 Å². The molecule has 6 heteroatoms. The van der Waals surface area contributed by atoms with Crippen molar-refractivity contribution in [1.82, 2.24) is 5.32 Å². The Kier molecular flexibility index (Phi) is 68.4. The van der Waals surface area contributed by atoms with E-state index in [2.05, 4.69) is 19.2 Å². The van der Waals surface area contributed by atoms with Gasteiger partial charge in [0.2, 0.25) is 5.91 Å². The van der Waals surface area contributed by atoms with E-state index in [-0.39, 0.29) is 18.5 Å². The number of rotatable bonds is 70. The second kappa shape index (κ2) is 69.4. The average Bonchev–Trinajstić information content (AvgIpc) is 3.45. The number of hydrogen-bond donors (Lipinski definition) is 3. The maximum absolute atomic E-state index is 12.5. The Labute approximate surface area is 496 Å². The fourth-order valence-electron chi connectivity index (χ4n) is 12.1. The molecule has 3 N–H and O–H groups in total. The van der Waals surface area contributed by atoms with Crippen LogP contribution in [0.15, 0.2) is 0 Å². The molecular weight excluding hydrogens is 971 g/mol. The number of carbonyl (C=O) groups excluding carboxylic acids is 2. The molecule has 0 aromatic rings. The summed E-state index contributed by atoms with van der Waals surface area (Å²) in [6.45, 7) is 4.98. The van der Waals surface area contributed by atoms with Crippen LogP contribution in [0.1, 0.15) is 431 Å². The molecule has 6 nitrogen and oxygen atoms in total. The molecule has 0 rings (SSSR count). The molecular formula is C73H145NO5. The van der Waals surface area contributed by atoms with E-state index in [4.69, 9.17) is 4.74 Å². The van der Waals surface area contributed by atoms with Crippen LogP contribution in [0.2, 0.25) is 0 Å². The van der Waals surface area contributed by atoms with Gasteiger partial charge in [-0.3, -0.25) is 9.59 Å². The van der Waals surface area contributed by atoms with Gasteiger partial charge < -0.3 is 20.3 Å². The van der Waals surface area contributed by atoms with Crippen molar-refractivity contribution >= 4 is 11.9 Å². The van der Waals surface area contributed by atoms with E-state index in [0.29, 0.717) is 25.9 Å². The third-order valence-corrected chi connectivity index (χ3v) is 17.7. The quantitative estimate of drug-likeness (QED) is 0.0417. The van der Waals surface area contributed by atoms with Crippen LogP contribution in [0.25, 0.3) is 0 Å². The minimum absolute atomic E-state index is 0.0266. The number of nitrogens with one attached hydrogen (secondary N) is 1. The predicted molar refractivity (Wildman–Crippen MR) is 347 cm³/mol. The largest absolute Gasteiger partial charge is 0.466 e. The van der Waals surface area contributed by atoms with E-state index in [0.717, 1.165) is 38.5 Å². The molecule has 0 aliphatic carbocycles. The predicted octanol–water partition coefficient (Wildman–Crippen LogP) is 23.8. The van der Waals surface area contributed by atoms with Crippen molar-refractivity contribution in [2.45, 2.75) is 443 Å². The highest BCUT2D eigenvalue weighted by Gasteiger charge is 2.20. The summed E-state index contributed by atoms with van der Waals surface area (Å²) < 4.78 is 5.50. The molecule has 0 radical (unpaired) electrons. The third-order valence-electron chi connectivity index (χ3n) is 17.7. The van der Waals surface area contributed by atoms with Crippen molar-refractivity contribution < 1.29 is 24.5 Å². The number of unbranched alkanes of at least 4 members (excludes halogenated alkanes) is 59. The molecule has 0 fully saturated rings. The highest BCUT2D eigenvalue weighted by Crippen LogP contribution is 2.20. The molecule has 2 atom stereocenters. The van der Waals surface area contributed by atoms with Gasteiger partial charge in [0.05, 0.1) is 25.4 Å². The van der Waals surface area contributed by atoms with E-state index in [9.17, 15) is 19.8 Å². The Bertz CT molecular complexity index is 1150. The lowest BCUT2D eigenvalue weighted by Gasteiger charge is -2.22. The van der Waals surface area contributed by atoms with Crippen LogP contribution in [0.4, 0.5) is 0 Å². The summed E-state index contributed by atoms with van der Waals surface area (Å²) in [5.41, 5.74) is 0. The normalized spacial score (nSPS) is 12.4. The number of hydrogen-bond acceptors (Lipinski definition) is 5. The summed E-state index contributed by atoms with van der Waals surface area (Å²) in [4.78, 5) is 24.5. The molecule has 0 heterocycles. The maximum Gasteiger partial charge on any atom is 0.305 e. The molecule has 79 heavy (non-hydrogen) atoms. The number of carbonyl (C=O) groups is 2. The second-order valence-electron chi connectivity index (χ2n) is 25.6. The van der Waals surface area contributed by atoms with Crippen molar-refractivity contribution in [2.24, 2.45) is 0 Å². The lowest BCUT2D eigenvalue weighted by Crippen LogP contribution is -2.45. The van der Waals surface area contributed by atoms with E-state index >= 15 is 0 Å². The zero-order valence-corrected chi connectivity index (χ0v) is 54.2. The first-order valence-corrected chi connectivity index (χ1v) is 36.8. The monoisotopic (exact) mass is 1120 g/mol. The van der Waals surface area contributed by atoms with Gasteiger partial charge in [0.15, 0.2) is 0 Å². The summed E-state index contributed by atoms with van der Waals surface area (Å²) in [5, 5.41) is 23.2. The number of esters is 1. The average molecular weight is 1120 g/mol. The zero-order valence-electron chi connectivity index (χ0n) is 54.2. The van der Waals surface area contributed by atoms with Crippen LogP contribution in [0.5, 0.6) is 0 Å². The van der Waals surface area contributed by atoms with Crippen LogP contribution in [0.3, 0.4) is 0 Å². The van der Waals surface area contributed by atoms with Gasteiger partial charge in [-0.1, -0.05) is 393 Å². The summed E-state index contributed by atoms with van der Waals surface area (Å²) in [7, 11) is 0. The van der Waals surface area contributed by atoms with Gasteiger partial charge in [0.1, 0.15) is 0 Å². The van der Waals surface area contributed by atoms with Gasteiger partial charge in [-0.15, -0.1) is 0 Å². The smallest absolute Gasteiger partial charge is 0.305 e. The Morgan fingerprint density at radius 2 is 0.519 bits per heavy atom. The number of aliphatic hydroxyl groups excluding tert-OH is 2. The molecule has 0 bridgehead atoms. The number of aliphatic hydroxyl groups is 2. The van der Waals surface area contributed by atoms with Crippen LogP contribution in [0, 0.1) is 0 Å². The highest BCUT2D eigenvalue weighted by atomic mass is 16.5. The van der Waals surface area contributed by atoms with Crippen molar-refractivity contribution in [3.63, 3.8) is 0 Å². The Morgan fingerprint density at radius 1 is 0.304 bits per heavy atom. The summed E-state index contributed by atoms with van der Waals surface area (Å²) in [5.74, 6) is -0.00123. The first-order chi connectivity index (χ1) is 39.0. The fraction of sp³-hybridized carbons (Fsp3) is 0.973. The SMILES string of the molecule is CCCCCCCCCCCCCCCC(=O)OCCCCCCCCCCCCCCCCCCCCCCCCCCCCCCCCCCCCCCCCCC(=O)NC(CO)C(O)CCCCCCCCCCCC. The standard InChI is InChI=1S/C73H145NO5/c1-3-5-7-9-11-13-15-43-47-51-55-59-63-67-73(78)79-68-64-60-56-52-48-45-42-40-38-36-34-32-30-28-26-24-22-20-18-16-17-19-21-23-25-27-29-31-33-35-37-39-41-44-46-50-54-58-62-66-72(77)74-70(69-75)71(76)65-61-57-53-49-14-12-10-8-6-4-2/h70-71,75-76H,3-69H2,1-2H3,(H,74,77). The van der Waals surface area contributed by atoms with E-state index in [1.165, 1.54) is 360 Å². The van der Waals surface area contributed by atoms with Crippen LogP contribution < -0.4 is 5.32 Å². The lowest BCUT2D eigenvalue weighted by atomic mass is 10.0. The van der Waals surface area contributed by atoms with E-state index in [1.807, 2.05) is 0 Å². The van der Waals surface area contributed by atoms with E-state index < -0.39 is 12.1 Å². The molecule has 0 aliphatic rings. The summed E-state index contributed by atoms with van der Waals surface area (Å²) in [6.07, 6.45) is 84.9. The van der Waals surface area contributed by atoms with Crippen LogP contribution in [-0.4, -0.2) is 47.4 Å². The van der Waals surface area contributed by atoms with Gasteiger partial charge in [-0.25, -0.2) is 0 Å². The minimum Gasteiger partial charge on any atom is -0.466 e. The minimum atomic E-state index is -0.657. The third kappa shape index (κ3) is 65.9. The van der Waals surface area contributed by atoms with E-state index in [1.54, 1.807) is 0 Å². The van der Waals surface area contributed by atoms with Crippen molar-refractivity contribution in [2.75, 3.05) is 13.2 Å². The second-order valence-corrected chi connectivity index (χ2v) is 25.6. The fourth-order valence-corrected chi connectivity index (χ4v) is 12.1. The topological polar surface area (TPSA) is 95.9 Å². The zero-order chi connectivity index (χ0) is 57.1. The molecule has 0 saturated carbocycles. The van der Waals surface area contributed by atoms with Gasteiger partial charge in [-0.2, -0.15) is 0 Å². The molecule has 0 aliphatic heterocycles. The molecule has 0 spiro atoms. The van der Waals surface area contributed by atoms with Gasteiger partial charge >= 0.3 is 5.97 Å². The molecule has 0 aromatic heterocycles. The van der Waals surface area contributed by atoms with Crippen molar-refractivity contribution in [3.8, 4) is 0 Å². The first kappa shape index (κ1) is 77.9. The number of amides is 1. The maximum atomic E-state index is 12.5.